The Kier molecular flexibility index (Phi) is 6.84. The van der Waals surface area contributed by atoms with Crippen molar-refractivity contribution in [1.82, 2.24) is 0 Å². The molecule has 0 unspecified atom stereocenters. The van der Waals surface area contributed by atoms with Gasteiger partial charge in [0.05, 0.1) is 19.3 Å². The maximum Gasteiger partial charge on any atom is 0.346 e. The lowest BCUT2D eigenvalue weighted by Gasteiger charge is -2.11. The zero-order chi connectivity index (χ0) is 25.1. The minimum absolute atomic E-state index is 0.00384. The van der Waals surface area contributed by atoms with Gasteiger partial charge in [-0.05, 0) is 41.0 Å². The number of methoxy groups -OCH3 is 1. The van der Waals surface area contributed by atoms with Crippen molar-refractivity contribution in [2.24, 2.45) is 0 Å². The average molecular weight is 482 g/mol. The fourth-order valence-corrected chi connectivity index (χ4v) is 3.50. The first-order valence-corrected chi connectivity index (χ1v) is 10.4. The number of esters is 1. The predicted octanol–water partition coefficient (Wildman–Crippen LogP) is 6.30. The van der Waals surface area contributed by atoms with E-state index in [9.17, 15) is 22.4 Å². The summed E-state index contributed by atoms with van der Waals surface area (Å²) in [7, 11) is 1.16. The molecule has 178 valence electrons. The Morgan fingerprint density at radius 3 is 1.77 bits per heavy atom. The van der Waals surface area contributed by atoms with Gasteiger partial charge in [0.1, 0.15) is 5.75 Å². The zero-order valence-electron chi connectivity index (χ0n) is 18.3. The van der Waals surface area contributed by atoms with Gasteiger partial charge < -0.3 is 14.6 Å². The van der Waals surface area contributed by atoms with Gasteiger partial charge in [0, 0.05) is 11.1 Å². The fraction of sp³-hybridized carbons (Fsp3) is 0.0741. The second-order valence-electron chi connectivity index (χ2n) is 7.50. The summed E-state index contributed by atoms with van der Waals surface area (Å²) in [5.74, 6) is -6.31. The number of benzene rings is 4. The molecule has 8 heteroatoms. The van der Waals surface area contributed by atoms with E-state index in [2.05, 4.69) is 4.74 Å². The van der Waals surface area contributed by atoms with Crippen LogP contribution in [-0.2, 0) is 6.61 Å². The lowest BCUT2D eigenvalue weighted by atomic mass is 9.98. The third-order valence-corrected chi connectivity index (χ3v) is 5.39. The molecule has 0 saturated carbocycles. The molecular formula is C27H18F4O4. The summed E-state index contributed by atoms with van der Waals surface area (Å²) >= 11 is 0. The summed E-state index contributed by atoms with van der Waals surface area (Å²) in [4.78, 5) is 12.3. The van der Waals surface area contributed by atoms with Crippen LogP contribution < -0.4 is 9.47 Å². The Morgan fingerprint density at radius 2 is 1.26 bits per heavy atom. The Balaban J connectivity index is 1.55. The van der Waals surface area contributed by atoms with Gasteiger partial charge in [-0.15, -0.1) is 0 Å². The van der Waals surface area contributed by atoms with Gasteiger partial charge in [-0.25, -0.2) is 18.0 Å². The molecular weight excluding hydrogens is 464 g/mol. The van der Waals surface area contributed by atoms with Crippen molar-refractivity contribution in [2.45, 2.75) is 6.61 Å². The van der Waals surface area contributed by atoms with E-state index in [0.29, 0.717) is 16.7 Å². The number of hydrogen-bond donors (Lipinski definition) is 1. The van der Waals surface area contributed by atoms with Crippen molar-refractivity contribution in [3.05, 3.63) is 107 Å². The van der Waals surface area contributed by atoms with Crippen molar-refractivity contribution in [2.75, 3.05) is 7.11 Å². The minimum atomic E-state index is -1.41. The zero-order valence-corrected chi connectivity index (χ0v) is 18.3. The van der Waals surface area contributed by atoms with Gasteiger partial charge in [-0.2, -0.15) is 4.39 Å². The molecule has 4 nitrogen and oxygen atoms in total. The lowest BCUT2D eigenvalue weighted by Crippen LogP contribution is -2.12. The number of ether oxygens (including phenoxy) is 2. The van der Waals surface area contributed by atoms with Crippen LogP contribution in [-0.4, -0.2) is 18.2 Å². The number of halogens is 4. The molecule has 0 amide bonds. The number of aliphatic hydroxyl groups excluding tert-OH is 1. The summed E-state index contributed by atoms with van der Waals surface area (Å²) in [5, 5.41) is 9.13. The molecule has 4 rings (SSSR count). The van der Waals surface area contributed by atoms with Crippen LogP contribution in [0.15, 0.2) is 72.8 Å². The molecule has 0 aliphatic heterocycles. The van der Waals surface area contributed by atoms with Gasteiger partial charge in [0.25, 0.3) is 0 Å². The molecule has 0 aromatic heterocycles. The Bertz CT molecular complexity index is 1380. The quantitative estimate of drug-likeness (QED) is 0.199. The first-order valence-electron chi connectivity index (χ1n) is 10.4. The highest BCUT2D eigenvalue weighted by atomic mass is 19.2. The van der Waals surface area contributed by atoms with Crippen LogP contribution in [0.5, 0.6) is 11.5 Å². The number of hydrogen-bond acceptors (Lipinski definition) is 4. The number of carbonyl (C=O) groups is 1. The molecule has 4 aromatic carbocycles. The first kappa shape index (κ1) is 24.0. The highest BCUT2D eigenvalue weighted by molar-refractivity contribution is 5.91. The van der Waals surface area contributed by atoms with Gasteiger partial charge in [0.15, 0.2) is 23.2 Å². The second-order valence-corrected chi connectivity index (χ2v) is 7.50. The number of aliphatic hydroxyl groups is 1. The second kappa shape index (κ2) is 9.99. The van der Waals surface area contributed by atoms with Gasteiger partial charge >= 0.3 is 5.97 Å². The average Bonchev–Trinajstić information content (AvgIpc) is 2.88. The van der Waals surface area contributed by atoms with E-state index in [-0.39, 0.29) is 29.2 Å². The molecule has 0 saturated heterocycles. The summed E-state index contributed by atoms with van der Waals surface area (Å²) in [6, 6.07) is 16.9. The molecule has 0 aliphatic rings. The lowest BCUT2D eigenvalue weighted by molar-refractivity contribution is 0.0728. The van der Waals surface area contributed by atoms with E-state index in [0.717, 1.165) is 19.2 Å². The van der Waals surface area contributed by atoms with E-state index in [1.165, 1.54) is 36.4 Å². The minimum Gasteiger partial charge on any atom is -0.494 e. The molecule has 0 bridgehead atoms. The third-order valence-electron chi connectivity index (χ3n) is 5.39. The molecule has 0 aliphatic carbocycles. The predicted molar refractivity (Wildman–Crippen MR) is 121 cm³/mol. The molecule has 0 radical (unpaired) electrons. The van der Waals surface area contributed by atoms with E-state index in [4.69, 9.17) is 9.84 Å². The van der Waals surface area contributed by atoms with Crippen LogP contribution >= 0.6 is 0 Å². The van der Waals surface area contributed by atoms with Crippen molar-refractivity contribution in [3.63, 3.8) is 0 Å². The molecule has 0 spiro atoms. The standard InChI is InChI=1S/C27H18F4O4/c1-34-22-13-12-21(25(30)26(22)31)27(33)35-18-8-6-17(7-9-18)20-11-10-19(23(28)24(20)29)16-4-2-15(14-32)3-5-16/h2-13,32H,14H2,1H3. The topological polar surface area (TPSA) is 55.8 Å². The molecule has 0 fully saturated rings. The normalized spacial score (nSPS) is 10.8. The SMILES string of the molecule is COc1ccc(C(=O)Oc2ccc(-c3ccc(-c4ccc(CO)cc4)c(F)c3F)cc2)c(F)c1F. The van der Waals surface area contributed by atoms with E-state index in [1.807, 2.05) is 0 Å². The van der Waals surface area contributed by atoms with Crippen LogP contribution in [0.2, 0.25) is 0 Å². The van der Waals surface area contributed by atoms with Crippen LogP contribution in [0.1, 0.15) is 15.9 Å². The van der Waals surface area contributed by atoms with Crippen molar-refractivity contribution < 1.29 is 36.9 Å². The van der Waals surface area contributed by atoms with Gasteiger partial charge in [-0.1, -0.05) is 48.5 Å². The van der Waals surface area contributed by atoms with Gasteiger partial charge in [0.2, 0.25) is 5.82 Å². The van der Waals surface area contributed by atoms with Crippen LogP contribution in [0, 0.1) is 23.3 Å². The summed E-state index contributed by atoms with van der Waals surface area (Å²) < 4.78 is 67.4. The molecule has 0 heterocycles. The smallest absolute Gasteiger partial charge is 0.346 e. The molecule has 0 atom stereocenters. The van der Waals surface area contributed by atoms with Crippen molar-refractivity contribution in [1.29, 1.82) is 0 Å². The van der Waals surface area contributed by atoms with Crippen LogP contribution in [0.4, 0.5) is 17.6 Å². The van der Waals surface area contributed by atoms with Crippen molar-refractivity contribution >= 4 is 5.97 Å². The maximum absolute atomic E-state index is 14.9. The van der Waals surface area contributed by atoms with Crippen molar-refractivity contribution in [3.8, 4) is 33.8 Å². The highest BCUT2D eigenvalue weighted by Gasteiger charge is 2.21. The first-order chi connectivity index (χ1) is 16.8. The summed E-state index contributed by atoms with van der Waals surface area (Å²) in [6.45, 7) is -0.159. The number of rotatable bonds is 6. The Morgan fingerprint density at radius 1 is 0.714 bits per heavy atom. The molecule has 35 heavy (non-hydrogen) atoms. The number of carbonyl (C=O) groups excluding carboxylic acids is 1. The molecule has 4 aromatic rings. The van der Waals surface area contributed by atoms with Crippen LogP contribution in [0.25, 0.3) is 22.3 Å². The van der Waals surface area contributed by atoms with Crippen LogP contribution in [0.3, 0.4) is 0 Å². The molecule has 1 N–H and O–H groups in total. The fourth-order valence-electron chi connectivity index (χ4n) is 3.50. The third kappa shape index (κ3) is 4.74. The monoisotopic (exact) mass is 482 g/mol. The van der Waals surface area contributed by atoms with E-state index < -0.39 is 34.8 Å². The highest BCUT2D eigenvalue weighted by Crippen LogP contribution is 2.32. The maximum atomic E-state index is 14.9. The van der Waals surface area contributed by atoms with E-state index in [1.54, 1.807) is 24.3 Å². The van der Waals surface area contributed by atoms with Gasteiger partial charge in [-0.3, -0.25) is 0 Å². The Hall–Kier alpha value is -4.17. The van der Waals surface area contributed by atoms with E-state index >= 15 is 0 Å². The largest absolute Gasteiger partial charge is 0.494 e. The Labute approximate surface area is 198 Å². The summed E-state index contributed by atoms with van der Waals surface area (Å²) in [5.41, 5.74) is 0.837. The summed E-state index contributed by atoms with van der Waals surface area (Å²) in [6.07, 6.45) is 0.